The monoisotopic (exact) mass is 1160 g/mol. The lowest BCUT2D eigenvalue weighted by Crippen LogP contribution is -2.32. The van der Waals surface area contributed by atoms with Crippen molar-refractivity contribution in [3.63, 3.8) is 0 Å². The number of ether oxygens (including phenoxy) is 1. The highest BCUT2D eigenvalue weighted by atomic mass is 35.5. The van der Waals surface area contributed by atoms with E-state index in [0.717, 1.165) is 44.5 Å². The van der Waals surface area contributed by atoms with Gasteiger partial charge in [0.25, 0.3) is 6.43 Å². The van der Waals surface area contributed by atoms with Gasteiger partial charge in [0.05, 0.1) is 6.04 Å². The zero-order chi connectivity index (χ0) is 63.2. The van der Waals surface area contributed by atoms with Crippen LogP contribution >= 0.6 is 11.6 Å². The molecule has 0 aromatic heterocycles. The van der Waals surface area contributed by atoms with Crippen molar-refractivity contribution in [1.82, 2.24) is 4.90 Å². The van der Waals surface area contributed by atoms with Crippen LogP contribution in [0, 0.1) is 78.7 Å². The van der Waals surface area contributed by atoms with Crippen molar-refractivity contribution in [3.05, 3.63) is 196 Å². The lowest BCUT2D eigenvalue weighted by molar-refractivity contribution is 0.136. The standard InChI is InChI=1S/C14H19NO2.C13H19FO2.C11H14F2.2C11H15F.C10H12ClF/c1-9-5-6-10(2)13(7-9)8-15-11(3)12(4)17-14(15)16;1-7(2)10-8(13(3,4)5)6-9(15)12(16)11(10)14;1-7(2)10-6-9(11(12)13)5-4-8(10)3;2*1-7(2)10-5-9(4)11(12)6-8(10)3;1-6(2)8-4-7(3)10(12)5-9(8)11/h5-7,11-12H,8H2,1-4H3;6-7,15-16H,1-5H3;4-7,11H,1-3H3;2*5-7H,1-4H3;4-6H,1-3H3/t11-,12+;;;;;/m0...../s1. The number of phenols is 2. The van der Waals surface area contributed by atoms with E-state index < -0.39 is 23.7 Å². The molecule has 0 radical (unpaired) electrons. The molecule has 7 rings (SSSR count). The Balaban J connectivity index is 0.000000338. The van der Waals surface area contributed by atoms with Crippen LogP contribution in [0.1, 0.15) is 229 Å². The molecule has 1 saturated heterocycles. The number of carbonyl (C=O) groups excluding carboxylic acids is 1. The number of aryl methyl sites for hydroxylation is 8. The van der Waals surface area contributed by atoms with Crippen LogP contribution in [-0.2, 0) is 16.7 Å². The van der Waals surface area contributed by atoms with Crippen LogP contribution in [0.3, 0.4) is 0 Å². The van der Waals surface area contributed by atoms with E-state index in [1.165, 1.54) is 46.0 Å². The molecule has 0 spiro atoms. The summed E-state index contributed by atoms with van der Waals surface area (Å²) in [6, 6.07) is 23.1. The topological polar surface area (TPSA) is 70.0 Å². The Morgan fingerprint density at radius 2 is 0.976 bits per heavy atom. The molecule has 1 aliphatic rings. The minimum absolute atomic E-state index is 0.0207. The van der Waals surface area contributed by atoms with E-state index in [4.69, 9.17) is 16.3 Å². The molecule has 2 atom stereocenters. The zero-order valence-corrected chi connectivity index (χ0v) is 53.9. The first-order chi connectivity index (χ1) is 37.7. The number of aromatic hydroxyl groups is 2. The van der Waals surface area contributed by atoms with Crippen molar-refractivity contribution >= 4 is 17.7 Å². The summed E-state index contributed by atoms with van der Waals surface area (Å²) in [7, 11) is 0. The lowest BCUT2D eigenvalue weighted by atomic mass is 9.80. The van der Waals surface area contributed by atoms with Gasteiger partial charge in [0, 0.05) is 17.1 Å². The Bertz CT molecular complexity index is 2920. The maximum Gasteiger partial charge on any atom is 0.410 e. The Hall–Kier alpha value is -5.94. The first-order valence-corrected chi connectivity index (χ1v) is 28.8. The van der Waals surface area contributed by atoms with E-state index in [-0.39, 0.29) is 52.6 Å². The average molecular weight is 1160 g/mol. The average Bonchev–Trinajstić information content (AvgIpc) is 3.67. The molecule has 0 unspecified atom stereocenters. The largest absolute Gasteiger partial charge is 0.504 e. The number of hydrogen-bond acceptors (Lipinski definition) is 4. The van der Waals surface area contributed by atoms with Crippen molar-refractivity contribution < 1.29 is 46.1 Å². The highest BCUT2D eigenvalue weighted by Gasteiger charge is 2.36. The molecule has 5 nitrogen and oxygen atoms in total. The second-order valence-electron chi connectivity index (χ2n) is 24.4. The number of alkyl halides is 2. The second-order valence-corrected chi connectivity index (χ2v) is 24.8. The number of amides is 1. The molecule has 0 bridgehead atoms. The van der Waals surface area contributed by atoms with Gasteiger partial charge in [0.2, 0.25) is 0 Å². The third kappa shape index (κ3) is 20.7. The van der Waals surface area contributed by atoms with E-state index >= 15 is 0 Å². The van der Waals surface area contributed by atoms with Gasteiger partial charge in [-0.1, -0.05) is 156 Å². The fourth-order valence-corrected chi connectivity index (χ4v) is 9.69. The van der Waals surface area contributed by atoms with Gasteiger partial charge >= 0.3 is 6.09 Å². The number of rotatable bonds is 8. The summed E-state index contributed by atoms with van der Waals surface area (Å²) in [4.78, 5) is 13.5. The van der Waals surface area contributed by atoms with Gasteiger partial charge < -0.3 is 14.9 Å². The van der Waals surface area contributed by atoms with Crippen molar-refractivity contribution in [2.24, 2.45) is 0 Å². The maximum atomic E-state index is 13.9. The van der Waals surface area contributed by atoms with Gasteiger partial charge in [-0.15, -0.1) is 0 Å². The number of benzene rings is 6. The van der Waals surface area contributed by atoms with Crippen LogP contribution in [-0.4, -0.2) is 33.4 Å². The summed E-state index contributed by atoms with van der Waals surface area (Å²) < 4.78 is 82.8. The Morgan fingerprint density at radius 1 is 0.549 bits per heavy atom. The molecule has 1 fully saturated rings. The van der Waals surface area contributed by atoms with Crippen LogP contribution in [0.15, 0.2) is 78.9 Å². The maximum absolute atomic E-state index is 13.9. The van der Waals surface area contributed by atoms with Gasteiger partial charge in [0.15, 0.2) is 17.3 Å². The number of phenolic OH excluding ortho intramolecular Hbond substituents is 2. The van der Waals surface area contributed by atoms with Crippen molar-refractivity contribution in [1.29, 1.82) is 0 Å². The molecule has 12 heteroatoms. The number of nitrogens with zero attached hydrogens (tertiary/aromatic N) is 1. The number of halogens is 7. The molecule has 6 aromatic rings. The summed E-state index contributed by atoms with van der Waals surface area (Å²) in [5.74, 6) is -0.633. The Kier molecular flexibility index (Phi) is 27.8. The van der Waals surface area contributed by atoms with Crippen molar-refractivity contribution in [3.8, 4) is 11.5 Å². The summed E-state index contributed by atoms with van der Waals surface area (Å²) in [5.41, 5.74) is 14.5. The van der Waals surface area contributed by atoms with Crippen LogP contribution in [0.4, 0.5) is 31.1 Å². The SMILES string of the molecule is CC(C)c1c(C(C)(C)C)cc(O)c(O)c1F.Cc1cc(C(C)C)c(C)cc1F.Cc1cc(C(C)C)c(C)cc1F.Cc1cc(C(C)C)c(Cl)cc1F.Cc1ccc(C(F)F)cc1C(C)C.Cc1ccc(C)c(CN2C(=O)O[C@H](C)[C@@H]2C)c1. The fraction of sp³-hybridized carbons (Fsp3) is 0.471. The van der Waals surface area contributed by atoms with E-state index in [0.29, 0.717) is 46.4 Å². The Morgan fingerprint density at radius 3 is 1.38 bits per heavy atom. The number of cyclic esters (lactones) is 1. The predicted molar refractivity (Wildman–Crippen MR) is 330 cm³/mol. The normalized spacial score (nSPS) is 13.9. The molecule has 2 N–H and O–H groups in total. The van der Waals surface area contributed by atoms with Crippen LogP contribution in [0.5, 0.6) is 11.5 Å². The molecule has 1 aliphatic heterocycles. The fourth-order valence-electron chi connectivity index (χ4n) is 9.32. The first kappa shape index (κ1) is 72.2. The van der Waals surface area contributed by atoms with Crippen molar-refractivity contribution in [2.75, 3.05) is 0 Å². The highest BCUT2D eigenvalue weighted by molar-refractivity contribution is 6.31. The van der Waals surface area contributed by atoms with Crippen molar-refractivity contribution in [2.45, 2.75) is 219 Å². The number of hydrogen-bond donors (Lipinski definition) is 2. The Labute approximate surface area is 493 Å². The van der Waals surface area contributed by atoms with Gasteiger partial charge in [-0.3, -0.25) is 4.90 Å². The predicted octanol–water partition coefficient (Wildman–Crippen LogP) is 21.8. The molecule has 452 valence electrons. The molecule has 0 aliphatic carbocycles. The number of carbonyl (C=O) groups is 1. The molecular weight excluding hydrogens is 1070 g/mol. The van der Waals surface area contributed by atoms with Crippen LogP contribution in [0.25, 0.3) is 0 Å². The lowest BCUT2D eigenvalue weighted by Gasteiger charge is -2.25. The quantitative estimate of drug-likeness (QED) is 0.118. The molecule has 1 amide bonds. The third-order valence-corrected chi connectivity index (χ3v) is 14.9. The molecular formula is C70H94ClF6NO4. The molecule has 1 heterocycles. The molecule has 6 aromatic carbocycles. The summed E-state index contributed by atoms with van der Waals surface area (Å²) in [5, 5.41) is 19.4. The van der Waals surface area contributed by atoms with Gasteiger partial charge in [0.1, 0.15) is 23.6 Å². The van der Waals surface area contributed by atoms with E-state index in [1.54, 1.807) is 49.9 Å². The van der Waals surface area contributed by atoms with Crippen LogP contribution < -0.4 is 0 Å². The zero-order valence-electron chi connectivity index (χ0n) is 53.1. The summed E-state index contributed by atoms with van der Waals surface area (Å²) in [6.07, 6.45) is -2.59. The summed E-state index contributed by atoms with van der Waals surface area (Å²) in [6.45, 7) is 46.1. The van der Waals surface area contributed by atoms with Gasteiger partial charge in [-0.2, -0.15) is 0 Å². The minimum Gasteiger partial charge on any atom is -0.504 e. The molecule has 0 saturated carbocycles. The smallest absolute Gasteiger partial charge is 0.410 e. The van der Waals surface area contributed by atoms with Gasteiger partial charge in [-0.05, 0) is 212 Å². The van der Waals surface area contributed by atoms with E-state index in [1.807, 2.05) is 115 Å². The van der Waals surface area contributed by atoms with E-state index in [9.17, 15) is 41.4 Å². The second kappa shape index (κ2) is 31.6. The van der Waals surface area contributed by atoms with E-state index in [2.05, 4.69) is 59.7 Å². The molecule has 82 heavy (non-hydrogen) atoms. The summed E-state index contributed by atoms with van der Waals surface area (Å²) >= 11 is 5.86. The third-order valence-electron chi connectivity index (χ3n) is 14.6. The first-order valence-electron chi connectivity index (χ1n) is 28.4. The van der Waals surface area contributed by atoms with Crippen LogP contribution in [0.2, 0.25) is 5.02 Å². The van der Waals surface area contributed by atoms with Gasteiger partial charge in [-0.25, -0.2) is 31.1 Å². The minimum atomic E-state index is -2.36. The highest BCUT2D eigenvalue weighted by Crippen LogP contribution is 2.41.